The normalized spacial score (nSPS) is 10.1. The fourth-order valence-electron chi connectivity index (χ4n) is 1.67. The predicted molar refractivity (Wildman–Crippen MR) is 65.8 cm³/mol. The Balaban J connectivity index is 2.43. The lowest BCUT2D eigenvalue weighted by atomic mass is 9.94. The Bertz CT molecular complexity index is 451. The Kier molecular flexibility index (Phi) is 2.77. The van der Waals surface area contributed by atoms with Crippen LogP contribution in [0.15, 0.2) is 48.5 Å². The molecule has 0 fully saturated rings. The van der Waals surface area contributed by atoms with Gasteiger partial charge in [-0.15, -0.1) is 0 Å². The van der Waals surface area contributed by atoms with Gasteiger partial charge < -0.3 is 5.11 Å². The van der Waals surface area contributed by atoms with Crippen molar-refractivity contribution in [1.29, 1.82) is 0 Å². The van der Waals surface area contributed by atoms with Gasteiger partial charge >= 0.3 is 0 Å². The number of rotatable bonds is 2. The summed E-state index contributed by atoms with van der Waals surface area (Å²) >= 11 is 0. The minimum absolute atomic E-state index is 0.388. The molecule has 0 radical (unpaired) electrons. The van der Waals surface area contributed by atoms with Crippen molar-refractivity contribution in [1.82, 2.24) is 0 Å². The van der Waals surface area contributed by atoms with Crippen molar-refractivity contribution in [3.8, 4) is 16.9 Å². The summed E-state index contributed by atoms with van der Waals surface area (Å²) in [6.07, 6.45) is 0.862. The highest BCUT2D eigenvalue weighted by atomic mass is 16.3. The number of phenols is 1. The van der Waals surface area contributed by atoms with Gasteiger partial charge in [0.2, 0.25) is 0 Å². The van der Waals surface area contributed by atoms with Crippen LogP contribution in [0.25, 0.3) is 11.1 Å². The van der Waals surface area contributed by atoms with Crippen molar-refractivity contribution in [2.24, 2.45) is 0 Å². The van der Waals surface area contributed by atoms with Crippen LogP contribution in [-0.4, -0.2) is 13.0 Å². The zero-order chi connectivity index (χ0) is 10.7. The van der Waals surface area contributed by atoms with Gasteiger partial charge in [0.25, 0.3) is 0 Å². The molecule has 0 unspecified atom stereocenters. The topological polar surface area (TPSA) is 20.2 Å². The highest BCUT2D eigenvalue weighted by molar-refractivity contribution is 6.08. The summed E-state index contributed by atoms with van der Waals surface area (Å²) in [4.78, 5) is 0. The van der Waals surface area contributed by atoms with Gasteiger partial charge in [0.15, 0.2) is 0 Å². The molecule has 0 aliphatic carbocycles. The van der Waals surface area contributed by atoms with Crippen molar-refractivity contribution in [3.05, 3.63) is 54.1 Å². The molecule has 0 saturated carbocycles. The molecule has 15 heavy (non-hydrogen) atoms. The number of hydrogen-bond donors (Lipinski definition) is 1. The third kappa shape index (κ3) is 2.04. The Morgan fingerprint density at radius 3 is 2.27 bits per heavy atom. The van der Waals surface area contributed by atoms with Gasteiger partial charge in [0.05, 0.1) is 0 Å². The Morgan fingerprint density at radius 2 is 1.67 bits per heavy atom. The lowest BCUT2D eigenvalue weighted by molar-refractivity contribution is 0.471. The molecule has 2 aromatic rings. The van der Waals surface area contributed by atoms with Gasteiger partial charge in [-0.2, -0.15) is 0 Å². The van der Waals surface area contributed by atoms with E-state index < -0.39 is 0 Å². The smallest absolute Gasteiger partial charge is 0.118 e. The largest absolute Gasteiger partial charge is 0.508 e. The van der Waals surface area contributed by atoms with Gasteiger partial charge in [0.1, 0.15) is 13.6 Å². The molecule has 0 spiro atoms. The van der Waals surface area contributed by atoms with Crippen molar-refractivity contribution in [2.45, 2.75) is 6.32 Å². The number of aromatic hydroxyl groups is 1. The van der Waals surface area contributed by atoms with E-state index in [9.17, 15) is 5.11 Å². The first-order valence-electron chi connectivity index (χ1n) is 5.18. The standard InChI is InChI=1S/C13H13BO/c14-9-12-7-6-11(8-13(12)15)10-4-2-1-3-5-10/h1-8,15H,9,14H2. The Hall–Kier alpha value is -1.70. The number of hydrogen-bond acceptors (Lipinski definition) is 1. The summed E-state index contributed by atoms with van der Waals surface area (Å²) in [5.41, 5.74) is 3.19. The minimum atomic E-state index is 0.388. The fourth-order valence-corrected chi connectivity index (χ4v) is 1.67. The van der Waals surface area contributed by atoms with E-state index in [0.29, 0.717) is 5.75 Å². The lowest BCUT2D eigenvalue weighted by Crippen LogP contribution is -1.85. The van der Waals surface area contributed by atoms with Crippen LogP contribution in [0.4, 0.5) is 0 Å². The zero-order valence-electron chi connectivity index (χ0n) is 8.77. The number of phenolic OH excluding ortho intramolecular Hbond substituents is 1. The third-order valence-corrected chi connectivity index (χ3v) is 2.57. The van der Waals surface area contributed by atoms with Crippen molar-refractivity contribution in [2.75, 3.05) is 0 Å². The van der Waals surface area contributed by atoms with E-state index >= 15 is 0 Å². The lowest BCUT2D eigenvalue weighted by Gasteiger charge is -2.05. The first-order valence-corrected chi connectivity index (χ1v) is 5.18. The molecule has 0 bridgehead atoms. The molecule has 2 heteroatoms. The second-order valence-corrected chi connectivity index (χ2v) is 3.56. The first-order chi connectivity index (χ1) is 7.31. The van der Waals surface area contributed by atoms with E-state index in [1.807, 2.05) is 56.4 Å². The summed E-state index contributed by atoms with van der Waals surface area (Å²) in [7, 11) is 2.04. The van der Waals surface area contributed by atoms with Gasteiger partial charge in [-0.05, 0) is 22.8 Å². The molecule has 2 aromatic carbocycles. The van der Waals surface area contributed by atoms with Crippen LogP contribution in [-0.2, 0) is 6.32 Å². The number of benzene rings is 2. The van der Waals surface area contributed by atoms with Gasteiger partial charge in [-0.3, -0.25) is 0 Å². The quantitative estimate of drug-likeness (QED) is 0.730. The first kappa shape index (κ1) is 9.84. The molecule has 0 aliphatic rings. The van der Waals surface area contributed by atoms with E-state index in [0.717, 1.165) is 23.0 Å². The van der Waals surface area contributed by atoms with Crippen LogP contribution in [0.3, 0.4) is 0 Å². The molecule has 0 heterocycles. The monoisotopic (exact) mass is 196 g/mol. The van der Waals surface area contributed by atoms with E-state index in [-0.39, 0.29) is 0 Å². The van der Waals surface area contributed by atoms with Crippen molar-refractivity contribution < 1.29 is 5.11 Å². The summed E-state index contributed by atoms with van der Waals surface area (Å²) in [5.74, 6) is 0.388. The molecular weight excluding hydrogens is 183 g/mol. The van der Waals surface area contributed by atoms with Crippen molar-refractivity contribution in [3.63, 3.8) is 0 Å². The average Bonchev–Trinajstić information content (AvgIpc) is 2.30. The maximum absolute atomic E-state index is 9.75. The summed E-state index contributed by atoms with van der Waals surface area (Å²) in [6, 6.07) is 15.9. The third-order valence-electron chi connectivity index (χ3n) is 2.57. The van der Waals surface area contributed by atoms with E-state index in [4.69, 9.17) is 0 Å². The van der Waals surface area contributed by atoms with Crippen LogP contribution in [0.2, 0.25) is 0 Å². The van der Waals surface area contributed by atoms with Crippen LogP contribution >= 0.6 is 0 Å². The van der Waals surface area contributed by atoms with Crippen LogP contribution in [0.1, 0.15) is 5.56 Å². The minimum Gasteiger partial charge on any atom is -0.508 e. The Labute approximate surface area is 90.8 Å². The maximum atomic E-state index is 9.75. The van der Waals surface area contributed by atoms with Crippen LogP contribution in [0, 0.1) is 0 Å². The predicted octanol–water partition coefficient (Wildman–Crippen LogP) is 2.19. The molecule has 2 rings (SSSR count). The van der Waals surface area contributed by atoms with Gasteiger partial charge in [0, 0.05) is 0 Å². The summed E-state index contributed by atoms with van der Waals surface area (Å²) < 4.78 is 0. The molecule has 1 nitrogen and oxygen atoms in total. The Morgan fingerprint density at radius 1 is 0.933 bits per heavy atom. The van der Waals surface area contributed by atoms with E-state index in [1.54, 1.807) is 0 Å². The highest BCUT2D eigenvalue weighted by Gasteiger charge is 2.01. The molecule has 1 N–H and O–H groups in total. The molecular formula is C13H13BO. The van der Waals surface area contributed by atoms with Gasteiger partial charge in [-0.25, -0.2) is 0 Å². The fraction of sp³-hybridized carbons (Fsp3) is 0.0769. The summed E-state index contributed by atoms with van der Waals surface area (Å²) in [6.45, 7) is 0. The summed E-state index contributed by atoms with van der Waals surface area (Å²) in [5, 5.41) is 9.75. The second kappa shape index (κ2) is 4.22. The van der Waals surface area contributed by atoms with Gasteiger partial charge in [-0.1, -0.05) is 48.8 Å². The zero-order valence-corrected chi connectivity index (χ0v) is 8.77. The molecule has 0 aromatic heterocycles. The van der Waals surface area contributed by atoms with Crippen LogP contribution < -0.4 is 0 Å². The average molecular weight is 196 g/mol. The van der Waals surface area contributed by atoms with E-state index in [1.165, 1.54) is 0 Å². The highest BCUT2D eigenvalue weighted by Crippen LogP contribution is 2.26. The molecule has 0 amide bonds. The van der Waals surface area contributed by atoms with Crippen LogP contribution in [0.5, 0.6) is 5.75 Å². The van der Waals surface area contributed by atoms with E-state index in [2.05, 4.69) is 0 Å². The molecule has 0 atom stereocenters. The molecule has 0 saturated heterocycles. The van der Waals surface area contributed by atoms with Crippen molar-refractivity contribution >= 4 is 7.85 Å². The SMILES string of the molecule is BCc1ccc(-c2ccccc2)cc1O. The maximum Gasteiger partial charge on any atom is 0.118 e. The molecule has 74 valence electrons. The second-order valence-electron chi connectivity index (χ2n) is 3.56. The molecule has 0 aliphatic heterocycles.